The number of rotatable bonds is 8. The van der Waals surface area contributed by atoms with Crippen LogP contribution in [-0.4, -0.2) is 54.5 Å². The van der Waals surface area contributed by atoms with E-state index in [1.165, 1.54) is 12.1 Å². The molecule has 19 heavy (non-hydrogen) atoms. The number of nitrogens with zero attached hydrogens (tertiary/aromatic N) is 1. The van der Waals surface area contributed by atoms with Crippen LogP contribution < -0.4 is 0 Å². The highest BCUT2D eigenvalue weighted by Gasteiger charge is 2.12. The van der Waals surface area contributed by atoms with E-state index in [9.17, 15) is 9.18 Å². The fourth-order valence-electron chi connectivity index (χ4n) is 1.70. The van der Waals surface area contributed by atoms with Crippen molar-refractivity contribution in [1.82, 2.24) is 4.90 Å². The van der Waals surface area contributed by atoms with Crippen molar-refractivity contribution in [2.75, 3.05) is 33.4 Å². The number of halogens is 1. The summed E-state index contributed by atoms with van der Waals surface area (Å²) in [6, 6.07) is 3.69. The lowest BCUT2D eigenvalue weighted by atomic mass is 10.1. The predicted molar refractivity (Wildman–Crippen MR) is 67.6 cm³/mol. The van der Waals surface area contributed by atoms with Crippen molar-refractivity contribution in [2.24, 2.45) is 0 Å². The molecule has 1 rings (SSSR count). The Bertz CT molecular complexity index is 425. The van der Waals surface area contributed by atoms with Crippen LogP contribution in [0.2, 0.25) is 0 Å². The zero-order chi connectivity index (χ0) is 14.3. The van der Waals surface area contributed by atoms with Crippen molar-refractivity contribution in [3.63, 3.8) is 0 Å². The van der Waals surface area contributed by atoms with Gasteiger partial charge in [0.15, 0.2) is 0 Å². The Morgan fingerprint density at radius 2 is 2.16 bits per heavy atom. The molecule has 0 atom stereocenters. The van der Waals surface area contributed by atoms with Gasteiger partial charge in [0.2, 0.25) is 0 Å². The van der Waals surface area contributed by atoms with Crippen molar-refractivity contribution in [3.05, 3.63) is 35.1 Å². The van der Waals surface area contributed by atoms with Crippen molar-refractivity contribution in [3.8, 4) is 0 Å². The molecule has 0 saturated heterocycles. The quantitative estimate of drug-likeness (QED) is 0.737. The van der Waals surface area contributed by atoms with Gasteiger partial charge in [-0.2, -0.15) is 0 Å². The molecule has 0 unspecified atom stereocenters. The first-order chi connectivity index (χ1) is 9.08. The minimum atomic E-state index is -1.09. The predicted octanol–water partition coefficient (Wildman–Crippen LogP) is 0.965. The van der Waals surface area contributed by atoms with Gasteiger partial charge in [-0.05, 0) is 18.2 Å². The van der Waals surface area contributed by atoms with Crippen LogP contribution in [0, 0.1) is 5.82 Å². The molecule has 5 nitrogen and oxygen atoms in total. The second-order valence-corrected chi connectivity index (χ2v) is 4.10. The molecule has 0 spiro atoms. The summed E-state index contributed by atoms with van der Waals surface area (Å²) in [5.74, 6) is -1.54. The van der Waals surface area contributed by atoms with Gasteiger partial charge in [-0.15, -0.1) is 0 Å². The minimum Gasteiger partial charge on any atom is -0.478 e. The van der Waals surface area contributed by atoms with Crippen LogP contribution >= 0.6 is 0 Å². The second-order valence-electron chi connectivity index (χ2n) is 4.10. The number of benzene rings is 1. The van der Waals surface area contributed by atoms with E-state index in [1.54, 1.807) is 12.0 Å². The molecular formula is C13H18FNO4. The van der Waals surface area contributed by atoms with Gasteiger partial charge >= 0.3 is 5.97 Å². The number of carbonyl (C=O) groups is 1. The molecule has 0 aliphatic heterocycles. The smallest absolute Gasteiger partial charge is 0.335 e. The molecular weight excluding hydrogens is 253 g/mol. The number of ether oxygens (including phenoxy) is 1. The Morgan fingerprint density at radius 3 is 2.74 bits per heavy atom. The molecule has 0 amide bonds. The highest BCUT2D eigenvalue weighted by Crippen LogP contribution is 2.13. The Balaban J connectivity index is 2.81. The normalized spacial score (nSPS) is 10.9. The molecule has 0 aliphatic rings. The second kappa shape index (κ2) is 7.83. The van der Waals surface area contributed by atoms with E-state index in [0.717, 1.165) is 6.07 Å². The SMILES string of the molecule is COCCN(CCO)Cc1cc(C(=O)O)ccc1F. The number of hydrogen-bond acceptors (Lipinski definition) is 4. The number of aliphatic hydroxyl groups excluding tert-OH is 1. The average molecular weight is 271 g/mol. The highest BCUT2D eigenvalue weighted by molar-refractivity contribution is 5.87. The lowest BCUT2D eigenvalue weighted by Gasteiger charge is -2.21. The third-order valence-corrected chi connectivity index (χ3v) is 2.71. The summed E-state index contributed by atoms with van der Waals surface area (Å²) < 4.78 is 18.6. The molecule has 1 aromatic rings. The van der Waals surface area contributed by atoms with Gasteiger partial charge in [0.05, 0.1) is 18.8 Å². The number of hydrogen-bond donors (Lipinski definition) is 2. The molecule has 0 radical (unpaired) electrons. The number of aromatic carboxylic acids is 1. The Hall–Kier alpha value is -1.50. The monoisotopic (exact) mass is 271 g/mol. The minimum absolute atomic E-state index is 0.0482. The van der Waals surface area contributed by atoms with Gasteiger partial charge in [0.25, 0.3) is 0 Å². The summed E-state index contributed by atoms with van der Waals surface area (Å²) in [6.45, 7) is 1.55. The number of carboxylic acids is 1. The maximum Gasteiger partial charge on any atom is 0.335 e. The van der Waals surface area contributed by atoms with E-state index >= 15 is 0 Å². The van der Waals surface area contributed by atoms with Gasteiger partial charge in [-0.25, -0.2) is 9.18 Å². The Labute approximate surface area is 111 Å². The summed E-state index contributed by atoms with van der Waals surface area (Å²) in [7, 11) is 1.56. The van der Waals surface area contributed by atoms with Crippen molar-refractivity contribution < 1.29 is 24.1 Å². The van der Waals surface area contributed by atoms with Crippen molar-refractivity contribution in [2.45, 2.75) is 6.54 Å². The van der Waals surface area contributed by atoms with Crippen LogP contribution in [0.1, 0.15) is 15.9 Å². The first-order valence-electron chi connectivity index (χ1n) is 5.92. The molecule has 0 saturated carbocycles. The molecule has 1 aromatic carbocycles. The zero-order valence-corrected chi connectivity index (χ0v) is 10.8. The van der Waals surface area contributed by atoms with Gasteiger partial charge < -0.3 is 14.9 Å². The number of carboxylic acid groups (broad SMARTS) is 1. The number of aliphatic hydroxyl groups is 1. The van der Waals surface area contributed by atoms with E-state index in [-0.39, 0.29) is 18.7 Å². The van der Waals surface area contributed by atoms with Crippen LogP contribution in [0.4, 0.5) is 4.39 Å². The van der Waals surface area contributed by atoms with E-state index in [4.69, 9.17) is 14.9 Å². The van der Waals surface area contributed by atoms with Crippen LogP contribution in [0.25, 0.3) is 0 Å². The molecule has 2 N–H and O–H groups in total. The van der Waals surface area contributed by atoms with Crippen LogP contribution in [0.3, 0.4) is 0 Å². The molecule has 106 valence electrons. The van der Waals surface area contributed by atoms with E-state index in [0.29, 0.717) is 25.3 Å². The highest BCUT2D eigenvalue weighted by atomic mass is 19.1. The maximum atomic E-state index is 13.6. The molecule has 6 heteroatoms. The molecule has 0 aromatic heterocycles. The summed E-state index contributed by atoms with van der Waals surface area (Å²) in [4.78, 5) is 12.7. The maximum absolute atomic E-state index is 13.6. The van der Waals surface area contributed by atoms with Gasteiger partial charge in [0, 0.05) is 32.3 Å². The molecule has 0 aliphatic carbocycles. The lowest BCUT2D eigenvalue weighted by molar-refractivity contribution is 0.0696. The van der Waals surface area contributed by atoms with Crippen LogP contribution in [0.5, 0.6) is 0 Å². The van der Waals surface area contributed by atoms with E-state index in [2.05, 4.69) is 0 Å². The largest absolute Gasteiger partial charge is 0.478 e. The fourth-order valence-corrected chi connectivity index (χ4v) is 1.70. The first kappa shape index (κ1) is 15.6. The molecule has 0 heterocycles. The average Bonchev–Trinajstić information content (AvgIpc) is 2.38. The summed E-state index contributed by atoms with van der Waals surface area (Å²) in [5.41, 5.74) is 0.344. The Kier molecular flexibility index (Phi) is 6.41. The third-order valence-electron chi connectivity index (χ3n) is 2.71. The van der Waals surface area contributed by atoms with Gasteiger partial charge in [-0.1, -0.05) is 0 Å². The Morgan fingerprint density at radius 1 is 1.42 bits per heavy atom. The summed E-state index contributed by atoms with van der Waals surface area (Å²) in [5, 5.41) is 17.8. The third kappa shape index (κ3) is 4.94. The lowest BCUT2D eigenvalue weighted by Crippen LogP contribution is -2.30. The zero-order valence-electron chi connectivity index (χ0n) is 10.8. The fraction of sp³-hybridized carbons (Fsp3) is 0.462. The van der Waals surface area contributed by atoms with Gasteiger partial charge in [-0.3, -0.25) is 4.90 Å². The topological polar surface area (TPSA) is 70.0 Å². The van der Waals surface area contributed by atoms with Crippen LogP contribution in [0.15, 0.2) is 18.2 Å². The molecule has 0 bridgehead atoms. The summed E-state index contributed by atoms with van der Waals surface area (Å²) in [6.07, 6.45) is 0. The molecule has 0 fully saturated rings. The first-order valence-corrected chi connectivity index (χ1v) is 5.92. The van der Waals surface area contributed by atoms with Gasteiger partial charge in [0.1, 0.15) is 5.82 Å². The van der Waals surface area contributed by atoms with Crippen molar-refractivity contribution >= 4 is 5.97 Å². The standard InChI is InChI=1S/C13H18FNO4/c1-19-7-5-15(4-6-16)9-11-8-10(13(17)18)2-3-12(11)14/h2-3,8,16H,4-7,9H2,1H3,(H,17,18). The van der Waals surface area contributed by atoms with Crippen molar-refractivity contribution in [1.29, 1.82) is 0 Å². The van der Waals surface area contributed by atoms with E-state index < -0.39 is 11.8 Å². The summed E-state index contributed by atoms with van der Waals surface area (Å²) >= 11 is 0. The van der Waals surface area contributed by atoms with E-state index in [1.807, 2.05) is 0 Å². The number of methoxy groups -OCH3 is 1. The van der Waals surface area contributed by atoms with Crippen LogP contribution in [-0.2, 0) is 11.3 Å².